The fourth-order valence-corrected chi connectivity index (χ4v) is 3.42. The number of nitrogens with two attached hydrogens (primary N) is 4. The zero-order valence-corrected chi connectivity index (χ0v) is 15.3. The van der Waals surface area contributed by atoms with Gasteiger partial charge >= 0.3 is 0 Å². The predicted molar refractivity (Wildman–Crippen MR) is 102 cm³/mol. The summed E-state index contributed by atoms with van der Waals surface area (Å²) in [6, 6.07) is 11.6. The second-order valence-electron chi connectivity index (χ2n) is 5.64. The maximum atomic E-state index is 12.0. The molecule has 2 aromatic carbocycles. The van der Waals surface area contributed by atoms with Gasteiger partial charge in [0, 0.05) is 11.1 Å². The Morgan fingerprint density at radius 1 is 1.14 bits per heavy atom. The standard InChI is InChI=1S/C16H18N8O3S/c17-8-13-21-16(23-27-13)10-6-4-9(5-7-10)11-2-1-3-12(28(20,25)26)14(11)15(18)22-24-19/h1-7,24H,8,17,19H2,(H2,18,22)(H2,20,25,26). The number of hydrazine groups is 1. The van der Waals surface area contributed by atoms with Gasteiger partial charge in [-0.1, -0.05) is 41.6 Å². The molecule has 3 rings (SSSR count). The van der Waals surface area contributed by atoms with Crippen LogP contribution in [0.15, 0.2) is 57.0 Å². The molecular weight excluding hydrogens is 384 g/mol. The van der Waals surface area contributed by atoms with Gasteiger partial charge in [-0.15, -0.1) is 5.10 Å². The molecule has 0 radical (unpaired) electrons. The molecule has 0 spiro atoms. The average Bonchev–Trinajstić information content (AvgIpc) is 3.16. The summed E-state index contributed by atoms with van der Waals surface area (Å²) in [5.74, 6) is 5.76. The number of hydrazone groups is 1. The van der Waals surface area contributed by atoms with Crippen LogP contribution in [0.1, 0.15) is 11.5 Å². The number of nitrogens with one attached hydrogen (secondary N) is 1. The molecule has 3 aromatic rings. The molecule has 0 saturated heterocycles. The van der Waals surface area contributed by atoms with Crippen LogP contribution < -0.4 is 28.0 Å². The maximum absolute atomic E-state index is 12.0. The highest BCUT2D eigenvalue weighted by molar-refractivity contribution is 7.89. The zero-order chi connectivity index (χ0) is 20.3. The molecule has 1 aromatic heterocycles. The summed E-state index contributed by atoms with van der Waals surface area (Å²) in [5, 5.41) is 12.9. The molecule has 0 aliphatic heterocycles. The van der Waals surface area contributed by atoms with Crippen LogP contribution in [0.5, 0.6) is 0 Å². The predicted octanol–water partition coefficient (Wildman–Crippen LogP) is -0.407. The molecule has 11 nitrogen and oxygen atoms in total. The molecule has 28 heavy (non-hydrogen) atoms. The van der Waals surface area contributed by atoms with Crippen LogP contribution in [-0.4, -0.2) is 24.4 Å². The molecule has 0 fully saturated rings. The molecule has 12 heteroatoms. The van der Waals surface area contributed by atoms with Crippen molar-refractivity contribution >= 4 is 15.9 Å². The van der Waals surface area contributed by atoms with Crippen molar-refractivity contribution in [2.24, 2.45) is 27.6 Å². The van der Waals surface area contributed by atoms with Gasteiger partial charge in [-0.05, 0) is 17.2 Å². The number of primary sulfonamides is 1. The summed E-state index contributed by atoms with van der Waals surface area (Å²) in [7, 11) is -4.05. The Morgan fingerprint density at radius 2 is 1.82 bits per heavy atom. The number of sulfonamides is 1. The monoisotopic (exact) mass is 402 g/mol. The molecule has 0 unspecified atom stereocenters. The number of benzene rings is 2. The van der Waals surface area contributed by atoms with Gasteiger partial charge in [0.1, 0.15) is 0 Å². The first-order chi connectivity index (χ1) is 13.3. The van der Waals surface area contributed by atoms with E-state index in [1.807, 2.05) is 0 Å². The van der Waals surface area contributed by atoms with Crippen LogP contribution in [-0.2, 0) is 16.6 Å². The number of hydrogen-bond acceptors (Lipinski definition) is 9. The quantitative estimate of drug-likeness (QED) is 0.157. The van der Waals surface area contributed by atoms with Crippen molar-refractivity contribution in [1.29, 1.82) is 0 Å². The largest absolute Gasteiger partial charge is 0.382 e. The summed E-state index contributed by atoms with van der Waals surface area (Å²) in [5.41, 5.74) is 15.5. The van der Waals surface area contributed by atoms with E-state index < -0.39 is 10.0 Å². The third-order valence-electron chi connectivity index (χ3n) is 3.87. The van der Waals surface area contributed by atoms with Crippen LogP contribution in [0, 0.1) is 0 Å². The molecule has 0 aliphatic carbocycles. The van der Waals surface area contributed by atoms with Crippen LogP contribution in [0.2, 0.25) is 0 Å². The van der Waals surface area contributed by atoms with Crippen molar-refractivity contribution in [2.75, 3.05) is 0 Å². The molecular formula is C16H18N8O3S. The van der Waals surface area contributed by atoms with Crippen molar-refractivity contribution < 1.29 is 12.9 Å². The Labute approximate surface area is 160 Å². The molecule has 0 saturated carbocycles. The van der Waals surface area contributed by atoms with Gasteiger partial charge in [-0.2, -0.15) is 4.98 Å². The third kappa shape index (κ3) is 3.84. The molecule has 146 valence electrons. The molecule has 1 heterocycles. The average molecular weight is 402 g/mol. The van der Waals surface area contributed by atoms with Gasteiger partial charge in [0.05, 0.1) is 11.4 Å². The van der Waals surface area contributed by atoms with Crippen molar-refractivity contribution in [3.63, 3.8) is 0 Å². The first kappa shape index (κ1) is 19.4. The topological polar surface area (TPSA) is 202 Å². The Morgan fingerprint density at radius 3 is 2.39 bits per heavy atom. The summed E-state index contributed by atoms with van der Waals surface area (Å²) < 4.78 is 29.0. The number of hydrogen-bond donors (Lipinski definition) is 5. The number of rotatable bonds is 6. The fourth-order valence-electron chi connectivity index (χ4n) is 2.65. The van der Waals surface area contributed by atoms with Crippen LogP contribution in [0.25, 0.3) is 22.5 Å². The minimum atomic E-state index is -4.05. The molecule has 0 bridgehead atoms. The SMILES string of the molecule is NCc1nc(-c2ccc(-c3cccc(S(N)(=O)=O)c3/C(N)=N/NN)cc2)no1. The van der Waals surface area contributed by atoms with Gasteiger partial charge in [0.2, 0.25) is 21.7 Å². The Kier molecular flexibility index (Phi) is 5.37. The van der Waals surface area contributed by atoms with Gasteiger partial charge in [0.15, 0.2) is 5.84 Å². The number of nitrogens with zero attached hydrogens (tertiary/aromatic N) is 3. The van der Waals surface area contributed by atoms with Crippen LogP contribution in [0.3, 0.4) is 0 Å². The lowest BCUT2D eigenvalue weighted by Gasteiger charge is -2.13. The number of amidine groups is 1. The highest BCUT2D eigenvalue weighted by Gasteiger charge is 2.21. The zero-order valence-electron chi connectivity index (χ0n) is 14.5. The van der Waals surface area contributed by atoms with Crippen LogP contribution >= 0.6 is 0 Å². The minimum absolute atomic E-state index is 0.128. The third-order valence-corrected chi connectivity index (χ3v) is 4.82. The van der Waals surface area contributed by atoms with Gasteiger partial charge < -0.3 is 16.0 Å². The van der Waals surface area contributed by atoms with E-state index >= 15 is 0 Å². The van der Waals surface area contributed by atoms with Gasteiger partial charge in [-0.3, -0.25) is 0 Å². The van der Waals surface area contributed by atoms with E-state index in [0.29, 0.717) is 28.4 Å². The lowest BCUT2D eigenvalue weighted by atomic mass is 9.98. The van der Waals surface area contributed by atoms with E-state index in [-0.39, 0.29) is 22.8 Å². The first-order valence-electron chi connectivity index (χ1n) is 7.93. The lowest BCUT2D eigenvalue weighted by molar-refractivity contribution is 0.380. The van der Waals surface area contributed by atoms with Gasteiger partial charge in [-0.25, -0.2) is 24.9 Å². The highest BCUT2D eigenvalue weighted by Crippen LogP contribution is 2.30. The van der Waals surface area contributed by atoms with Crippen molar-refractivity contribution in [3.05, 3.63) is 53.9 Å². The van der Waals surface area contributed by atoms with E-state index in [1.54, 1.807) is 36.4 Å². The summed E-state index contributed by atoms with van der Waals surface area (Å²) >= 11 is 0. The Balaban J connectivity index is 2.12. The fraction of sp³-hybridized carbons (Fsp3) is 0.0625. The molecule has 0 atom stereocenters. The van der Waals surface area contributed by atoms with E-state index in [4.69, 9.17) is 27.0 Å². The molecule has 9 N–H and O–H groups in total. The van der Waals surface area contributed by atoms with E-state index in [9.17, 15) is 8.42 Å². The molecule has 0 amide bonds. The number of aromatic nitrogens is 2. The normalized spacial score (nSPS) is 12.2. The summed E-state index contributed by atoms with van der Waals surface area (Å²) in [6.45, 7) is 0.141. The van der Waals surface area contributed by atoms with Gasteiger partial charge in [0.25, 0.3) is 0 Å². The molecule has 0 aliphatic rings. The highest BCUT2D eigenvalue weighted by atomic mass is 32.2. The Bertz CT molecular complexity index is 1120. The van der Waals surface area contributed by atoms with Crippen molar-refractivity contribution in [1.82, 2.24) is 15.7 Å². The first-order valence-corrected chi connectivity index (χ1v) is 9.48. The van der Waals surface area contributed by atoms with E-state index in [1.165, 1.54) is 6.07 Å². The maximum Gasteiger partial charge on any atom is 0.240 e. The van der Waals surface area contributed by atoms with Crippen molar-refractivity contribution in [2.45, 2.75) is 11.4 Å². The Hall–Kier alpha value is -3.32. The van der Waals surface area contributed by atoms with Crippen molar-refractivity contribution in [3.8, 4) is 22.5 Å². The summed E-state index contributed by atoms with van der Waals surface area (Å²) in [4.78, 5) is 3.99. The minimum Gasteiger partial charge on any atom is -0.382 e. The second kappa shape index (κ2) is 7.74. The second-order valence-corrected chi connectivity index (χ2v) is 7.17. The van der Waals surface area contributed by atoms with Crippen LogP contribution in [0.4, 0.5) is 0 Å². The lowest BCUT2D eigenvalue weighted by Crippen LogP contribution is -2.26. The smallest absolute Gasteiger partial charge is 0.240 e. The van der Waals surface area contributed by atoms with E-state index in [2.05, 4.69) is 20.8 Å². The summed E-state index contributed by atoms with van der Waals surface area (Å²) in [6.07, 6.45) is 0. The van der Waals surface area contributed by atoms with E-state index in [0.717, 1.165) is 0 Å².